The largest absolute Gasteiger partial charge is 0.388 e. The van der Waals surface area contributed by atoms with Crippen LogP contribution in [0.1, 0.15) is 39.8 Å². The Morgan fingerprint density at radius 1 is 1.47 bits per heavy atom. The van der Waals surface area contributed by atoms with Crippen molar-refractivity contribution in [3.05, 3.63) is 22.6 Å². The summed E-state index contributed by atoms with van der Waals surface area (Å²) in [5.41, 5.74) is 5.32. The number of aromatic nitrogens is 3. The van der Waals surface area contributed by atoms with E-state index in [9.17, 15) is 29.6 Å². The number of aromatic amines is 1. The molecule has 7 N–H and O–H groups in total. The second-order valence-corrected chi connectivity index (χ2v) is 9.92. The molecule has 1 aliphatic rings. The molecule has 30 heavy (non-hydrogen) atoms. The number of nitrogen functional groups attached to an aromatic ring is 1. The lowest BCUT2D eigenvalue weighted by molar-refractivity contribution is -0.0468. The van der Waals surface area contributed by atoms with Crippen molar-refractivity contribution in [2.24, 2.45) is 0 Å². The van der Waals surface area contributed by atoms with Crippen molar-refractivity contribution in [1.29, 1.82) is 0 Å². The van der Waals surface area contributed by atoms with Crippen molar-refractivity contribution in [1.82, 2.24) is 14.5 Å². The van der Waals surface area contributed by atoms with Crippen LogP contribution >= 0.6 is 7.60 Å². The molecule has 3 heterocycles. The molecular weight excluding hydrogens is 419 g/mol. The second kappa shape index (κ2) is 8.04. The van der Waals surface area contributed by atoms with Gasteiger partial charge in [0.2, 0.25) is 5.95 Å². The number of nitrogens with zero attached hydrogens (tertiary/aromatic N) is 2. The quantitative estimate of drug-likeness (QED) is 0.316. The lowest BCUT2D eigenvalue weighted by atomic mass is 10.1. The maximum absolute atomic E-state index is 12.3. The van der Waals surface area contributed by atoms with Crippen LogP contribution < -0.4 is 11.3 Å². The topological polar surface area (TPSA) is 193 Å². The fourth-order valence-electron chi connectivity index (χ4n) is 3.35. The summed E-state index contributed by atoms with van der Waals surface area (Å²) in [5.74, 6) is -0.110. The molecule has 0 spiro atoms. The molecule has 4 unspecified atom stereocenters. The van der Waals surface area contributed by atoms with Crippen LogP contribution in [0.4, 0.5) is 5.95 Å². The number of hydrogen-bond donors (Lipinski definition) is 6. The number of ether oxygens (including phenoxy) is 1. The third-order valence-corrected chi connectivity index (χ3v) is 7.56. The zero-order chi connectivity index (χ0) is 22.4. The minimum Gasteiger partial charge on any atom is -0.388 e. The van der Waals surface area contributed by atoms with Crippen LogP contribution in [0, 0.1) is 0 Å². The van der Waals surface area contributed by atoms with E-state index in [0.717, 1.165) is 0 Å². The van der Waals surface area contributed by atoms with Crippen molar-refractivity contribution >= 4 is 24.6 Å². The predicted octanol–water partition coefficient (Wildman–Crippen LogP) is 0.0251. The van der Waals surface area contributed by atoms with Crippen LogP contribution in [0.2, 0.25) is 0 Å². The van der Waals surface area contributed by atoms with Gasteiger partial charge in [-0.25, -0.2) is 0 Å². The molecule has 0 aliphatic carbocycles. The normalized spacial score (nSPS) is 29.6. The molecule has 2 aromatic rings. The van der Waals surface area contributed by atoms with E-state index in [4.69, 9.17) is 15.0 Å². The highest BCUT2D eigenvalue weighted by Crippen LogP contribution is 2.56. The molecule has 1 aliphatic heterocycles. The Bertz CT molecular complexity index is 1020. The predicted molar refractivity (Wildman–Crippen MR) is 107 cm³/mol. The van der Waals surface area contributed by atoms with E-state index in [-0.39, 0.29) is 29.8 Å². The number of nitrogens with two attached hydrogens (primary N) is 1. The van der Waals surface area contributed by atoms with E-state index >= 15 is 0 Å². The van der Waals surface area contributed by atoms with Crippen LogP contribution in [-0.2, 0) is 13.8 Å². The molecule has 0 amide bonds. The van der Waals surface area contributed by atoms with E-state index < -0.39 is 49.1 Å². The molecule has 1 saturated heterocycles. The molecule has 1 fully saturated rings. The van der Waals surface area contributed by atoms with Gasteiger partial charge in [0, 0.05) is 12.6 Å². The van der Waals surface area contributed by atoms with Gasteiger partial charge in [0.1, 0.15) is 12.2 Å². The van der Waals surface area contributed by atoms with Crippen molar-refractivity contribution in [2.45, 2.75) is 69.6 Å². The highest BCUT2D eigenvalue weighted by atomic mass is 31.2. The molecular formula is C17H27N4O8P. The van der Waals surface area contributed by atoms with E-state index in [1.165, 1.54) is 30.7 Å². The minimum atomic E-state index is -4.36. The fourth-order valence-corrected chi connectivity index (χ4v) is 4.55. The minimum absolute atomic E-state index is 0.00675. The first-order chi connectivity index (χ1) is 13.9. The first-order valence-electron chi connectivity index (χ1n) is 9.49. The van der Waals surface area contributed by atoms with Crippen molar-refractivity contribution in [2.75, 3.05) is 5.73 Å². The van der Waals surface area contributed by atoms with Crippen molar-refractivity contribution < 1.29 is 34.0 Å². The molecule has 0 saturated carbocycles. The van der Waals surface area contributed by atoms with Crippen LogP contribution in [0.3, 0.4) is 0 Å². The monoisotopic (exact) mass is 446 g/mol. The number of fused-ring (bicyclic) bond motifs is 1. The maximum Gasteiger partial charge on any atom is 0.359 e. The highest BCUT2D eigenvalue weighted by Gasteiger charge is 2.47. The Morgan fingerprint density at radius 3 is 2.77 bits per heavy atom. The van der Waals surface area contributed by atoms with Gasteiger partial charge in [-0.15, -0.1) is 0 Å². The number of anilines is 1. The third kappa shape index (κ3) is 4.04. The zero-order valence-corrected chi connectivity index (χ0v) is 17.7. The highest BCUT2D eigenvalue weighted by molar-refractivity contribution is 7.54. The van der Waals surface area contributed by atoms with Gasteiger partial charge in [-0.3, -0.25) is 14.3 Å². The average Bonchev–Trinajstić information content (AvgIpc) is 3.17. The van der Waals surface area contributed by atoms with Crippen LogP contribution in [0.25, 0.3) is 11.0 Å². The van der Waals surface area contributed by atoms with Crippen LogP contribution in [0.15, 0.2) is 17.1 Å². The number of aliphatic hydroxyl groups is 3. The summed E-state index contributed by atoms with van der Waals surface area (Å²) in [4.78, 5) is 28.5. The van der Waals surface area contributed by atoms with Gasteiger partial charge in [0.15, 0.2) is 17.2 Å². The summed E-state index contributed by atoms with van der Waals surface area (Å²) >= 11 is 0. The summed E-state index contributed by atoms with van der Waals surface area (Å²) in [5, 5.41) is 29.3. The summed E-state index contributed by atoms with van der Waals surface area (Å²) in [6.45, 7) is 4.25. The molecule has 168 valence electrons. The lowest BCUT2D eigenvalue weighted by Crippen LogP contribution is -2.34. The standard InChI is InChI=1S/C17H27N4O8P/c1-4-17(3,25)30(26,27)29-8(2)7-10-11(22)12(23)15(28-10)21-6-5-9-13(21)19-16(18)20-14(9)24/h5-6,8,10-12,15,22-23,25H,4,7H2,1-3H3,(H,26,27)(H3,18,19,20,24)/t8?,10?,11-,12-,15-,17?/m1/s1. The summed E-state index contributed by atoms with van der Waals surface area (Å²) < 4.78 is 24.7. The SMILES string of the molecule is CCC(C)(O)P(=O)(O)OC(C)CC1O[C@@H](n2ccc3c(=O)[nH]c(N)nc32)[C@H](O)[C@@H]1O. The van der Waals surface area contributed by atoms with Gasteiger partial charge < -0.3 is 39.8 Å². The Morgan fingerprint density at radius 2 is 2.13 bits per heavy atom. The van der Waals surface area contributed by atoms with Gasteiger partial charge in [-0.05, 0) is 26.3 Å². The van der Waals surface area contributed by atoms with E-state index in [1.807, 2.05) is 0 Å². The van der Waals surface area contributed by atoms with Crippen LogP contribution in [0.5, 0.6) is 0 Å². The van der Waals surface area contributed by atoms with Gasteiger partial charge >= 0.3 is 7.60 Å². The molecule has 0 radical (unpaired) electrons. The lowest BCUT2D eigenvalue weighted by Gasteiger charge is -2.30. The van der Waals surface area contributed by atoms with Crippen molar-refractivity contribution in [3.8, 4) is 0 Å². The van der Waals surface area contributed by atoms with Gasteiger partial charge in [-0.1, -0.05) is 6.92 Å². The van der Waals surface area contributed by atoms with Gasteiger partial charge in [0.05, 0.1) is 17.6 Å². The molecule has 2 aromatic heterocycles. The van der Waals surface area contributed by atoms with E-state index in [0.29, 0.717) is 0 Å². The third-order valence-electron chi connectivity index (χ3n) is 5.38. The number of aliphatic hydroxyl groups excluding tert-OH is 2. The number of H-pyrrole nitrogens is 1. The first kappa shape index (κ1) is 22.9. The maximum atomic E-state index is 12.3. The Kier molecular flexibility index (Phi) is 6.14. The van der Waals surface area contributed by atoms with Gasteiger partial charge in [-0.2, -0.15) is 4.98 Å². The average molecular weight is 446 g/mol. The summed E-state index contributed by atoms with van der Waals surface area (Å²) in [6.07, 6.45) is -4.12. The van der Waals surface area contributed by atoms with E-state index in [1.54, 1.807) is 6.92 Å². The number of nitrogens with one attached hydrogen (secondary N) is 1. The summed E-state index contributed by atoms with van der Waals surface area (Å²) in [6, 6.07) is 1.48. The summed E-state index contributed by atoms with van der Waals surface area (Å²) in [7, 11) is -4.36. The fraction of sp³-hybridized carbons (Fsp3) is 0.647. The Hall–Kier alpha value is -1.79. The van der Waals surface area contributed by atoms with Gasteiger partial charge in [0.25, 0.3) is 5.56 Å². The van der Waals surface area contributed by atoms with E-state index in [2.05, 4.69) is 9.97 Å². The molecule has 3 rings (SSSR count). The molecule has 12 nitrogen and oxygen atoms in total. The molecule has 7 atom stereocenters. The smallest absolute Gasteiger partial charge is 0.359 e. The Labute approximate surface area is 171 Å². The second-order valence-electron chi connectivity index (χ2n) is 7.70. The Balaban J connectivity index is 1.78. The number of rotatable bonds is 7. The molecule has 0 bridgehead atoms. The first-order valence-corrected chi connectivity index (χ1v) is 11.1. The van der Waals surface area contributed by atoms with Crippen molar-refractivity contribution in [3.63, 3.8) is 0 Å². The zero-order valence-electron chi connectivity index (χ0n) is 16.8. The number of hydrogen-bond acceptors (Lipinski definition) is 9. The molecule has 0 aromatic carbocycles. The van der Waals surface area contributed by atoms with Crippen LogP contribution in [-0.4, -0.2) is 64.5 Å². The molecule has 13 heteroatoms.